The maximum absolute atomic E-state index is 13.4. The van der Waals surface area contributed by atoms with Crippen molar-refractivity contribution in [3.05, 3.63) is 59.8 Å². The van der Waals surface area contributed by atoms with E-state index >= 15 is 0 Å². The molecule has 0 bridgehead atoms. The number of imidazole rings is 1. The minimum absolute atomic E-state index is 0.0522. The average Bonchev–Trinajstić information content (AvgIpc) is 3.63. The minimum atomic E-state index is -5.08. The maximum atomic E-state index is 13.4. The summed E-state index contributed by atoms with van der Waals surface area (Å²) >= 11 is 0. The van der Waals surface area contributed by atoms with Crippen LogP contribution in [0.15, 0.2) is 43.0 Å². The molecule has 1 aromatic carbocycles. The Balaban J connectivity index is 1.36. The van der Waals surface area contributed by atoms with E-state index in [4.69, 9.17) is 0 Å². The summed E-state index contributed by atoms with van der Waals surface area (Å²) in [7, 11) is 0. The van der Waals surface area contributed by atoms with E-state index in [0.29, 0.717) is 23.2 Å². The predicted octanol–water partition coefficient (Wildman–Crippen LogP) is 3.36. The molecule has 0 aliphatic heterocycles. The summed E-state index contributed by atoms with van der Waals surface area (Å²) < 4.78 is 78.1. The Morgan fingerprint density at radius 3 is 2.45 bits per heavy atom. The molecule has 4 aromatic rings. The third-order valence-electron chi connectivity index (χ3n) is 6.23. The third-order valence-corrected chi connectivity index (χ3v) is 6.23. The highest BCUT2D eigenvalue weighted by Crippen LogP contribution is 2.36. The third kappa shape index (κ3) is 7.42. The number of aromatic nitrogens is 5. The van der Waals surface area contributed by atoms with Gasteiger partial charge in [0.2, 0.25) is 5.91 Å². The summed E-state index contributed by atoms with van der Waals surface area (Å²) in [6.07, 6.45) is -3.71. The van der Waals surface area contributed by atoms with E-state index in [1.807, 2.05) is 6.92 Å². The minimum Gasteiger partial charge on any atom is -0.355 e. The van der Waals surface area contributed by atoms with Crippen molar-refractivity contribution in [2.45, 2.75) is 32.1 Å². The summed E-state index contributed by atoms with van der Waals surface area (Å²) in [5.74, 6) is -3.16. The molecule has 0 radical (unpaired) electrons. The first-order chi connectivity index (χ1) is 20.8. The number of nitrogens with zero attached hydrogens (tertiary/aromatic N) is 4. The van der Waals surface area contributed by atoms with E-state index in [-0.39, 0.29) is 42.2 Å². The summed E-state index contributed by atoms with van der Waals surface area (Å²) in [5, 5.41) is 15.1. The van der Waals surface area contributed by atoms with E-state index < -0.39 is 42.3 Å². The molecule has 5 N–H and O–H groups in total. The second-order valence-corrected chi connectivity index (χ2v) is 9.25. The van der Waals surface area contributed by atoms with Gasteiger partial charge in [-0.2, -0.15) is 31.4 Å². The number of carbonyl (C=O) groups is 3. The summed E-state index contributed by atoms with van der Waals surface area (Å²) in [5.41, 5.74) is 0.751. The van der Waals surface area contributed by atoms with Gasteiger partial charge in [-0.15, -0.1) is 0 Å². The molecule has 0 aliphatic rings. The summed E-state index contributed by atoms with van der Waals surface area (Å²) in [6, 6.07) is 4.92. The normalized spacial score (nSPS) is 11.8. The number of anilines is 2. The molecule has 44 heavy (non-hydrogen) atoms. The molecule has 0 saturated heterocycles. The van der Waals surface area contributed by atoms with Crippen LogP contribution in [0.5, 0.6) is 0 Å². The highest BCUT2D eigenvalue weighted by Gasteiger charge is 2.39. The first-order valence-corrected chi connectivity index (χ1v) is 13.0. The fourth-order valence-corrected chi connectivity index (χ4v) is 4.17. The quantitative estimate of drug-likeness (QED) is 0.126. The molecule has 234 valence electrons. The van der Waals surface area contributed by atoms with Crippen molar-refractivity contribution in [2.75, 3.05) is 25.0 Å². The summed E-state index contributed by atoms with van der Waals surface area (Å²) in [6.45, 7) is 1.21. The second-order valence-electron chi connectivity index (χ2n) is 9.25. The van der Waals surface area contributed by atoms with Crippen LogP contribution in [0.2, 0.25) is 0 Å². The monoisotopic (exact) mass is 625 g/mol. The Kier molecular flexibility index (Phi) is 9.39. The van der Waals surface area contributed by atoms with Gasteiger partial charge in [0.25, 0.3) is 5.91 Å². The number of hydrogen-bond donors (Lipinski definition) is 5. The zero-order valence-electron chi connectivity index (χ0n) is 22.9. The number of nitrogens with one attached hydrogen (secondary N) is 5. The van der Waals surface area contributed by atoms with Gasteiger partial charge in [0.1, 0.15) is 0 Å². The zero-order chi connectivity index (χ0) is 32.1. The van der Waals surface area contributed by atoms with Gasteiger partial charge in [0, 0.05) is 42.9 Å². The number of benzene rings is 1. The number of amides is 3. The molecule has 3 aromatic heterocycles. The van der Waals surface area contributed by atoms with Crippen molar-refractivity contribution in [1.29, 1.82) is 0 Å². The van der Waals surface area contributed by atoms with Crippen LogP contribution in [0, 0.1) is 0 Å². The SMILES string of the molecule is CCc1cc(Nc2nccn3c(-c4c[nH]nc4C(F)(F)F)cnc23)ccc1C(=O)NCCCNC(=O)CNC(=O)C(F)(F)F. The number of H-pyrrole nitrogens is 1. The highest BCUT2D eigenvalue weighted by molar-refractivity contribution is 5.96. The standard InChI is InChI=1S/C26H25F6N9O3/c1-2-14-10-15(4-5-16(14)23(43)35-7-3-6-33-19(42)13-37-24(44)26(30,31)32)39-21-22-36-12-18(41(22)9-8-34-21)17-11-38-40-20(17)25(27,28)29/h4-5,8-12H,2-3,6-7,13H2,1H3,(H,33,42)(H,34,39)(H,35,43)(H,37,44)(H,38,40). The van der Waals surface area contributed by atoms with Crippen molar-refractivity contribution in [2.24, 2.45) is 0 Å². The first kappa shape index (κ1) is 31.8. The molecule has 3 amide bonds. The molecule has 12 nitrogen and oxygen atoms in total. The van der Waals surface area contributed by atoms with Crippen LogP contribution < -0.4 is 21.3 Å². The largest absolute Gasteiger partial charge is 0.471 e. The van der Waals surface area contributed by atoms with Crippen molar-refractivity contribution in [3.63, 3.8) is 0 Å². The number of alkyl halides is 6. The Morgan fingerprint density at radius 2 is 1.75 bits per heavy atom. The van der Waals surface area contributed by atoms with Gasteiger partial charge in [0.05, 0.1) is 24.0 Å². The lowest BCUT2D eigenvalue weighted by molar-refractivity contribution is -0.173. The van der Waals surface area contributed by atoms with Crippen LogP contribution in [0.1, 0.15) is 35.0 Å². The van der Waals surface area contributed by atoms with Crippen LogP contribution in [0.4, 0.5) is 37.8 Å². The molecule has 0 fully saturated rings. The van der Waals surface area contributed by atoms with Gasteiger partial charge in [-0.05, 0) is 36.6 Å². The molecule has 0 spiro atoms. The lowest BCUT2D eigenvalue weighted by atomic mass is 10.0. The number of carbonyl (C=O) groups excluding carboxylic acids is 3. The van der Waals surface area contributed by atoms with Crippen molar-refractivity contribution in [3.8, 4) is 11.3 Å². The van der Waals surface area contributed by atoms with E-state index in [2.05, 4.69) is 36.1 Å². The van der Waals surface area contributed by atoms with Gasteiger partial charge >= 0.3 is 18.3 Å². The van der Waals surface area contributed by atoms with E-state index in [1.54, 1.807) is 18.2 Å². The molecule has 0 aliphatic carbocycles. The molecular formula is C26H25F6N9O3. The molecule has 0 saturated carbocycles. The first-order valence-electron chi connectivity index (χ1n) is 13.0. The smallest absolute Gasteiger partial charge is 0.355 e. The van der Waals surface area contributed by atoms with Crippen LogP contribution >= 0.6 is 0 Å². The number of aromatic amines is 1. The molecular weight excluding hydrogens is 600 g/mol. The zero-order valence-corrected chi connectivity index (χ0v) is 22.9. The van der Waals surface area contributed by atoms with Crippen LogP contribution in [0.3, 0.4) is 0 Å². The number of rotatable bonds is 11. The number of halogens is 6. The predicted molar refractivity (Wildman–Crippen MR) is 144 cm³/mol. The van der Waals surface area contributed by atoms with Crippen molar-refractivity contribution in [1.82, 2.24) is 40.5 Å². The number of fused-ring (bicyclic) bond motifs is 1. The van der Waals surface area contributed by atoms with Gasteiger partial charge < -0.3 is 21.3 Å². The average molecular weight is 626 g/mol. The van der Waals surface area contributed by atoms with E-state index in [0.717, 1.165) is 6.20 Å². The molecule has 18 heteroatoms. The topological polar surface area (TPSA) is 158 Å². The molecule has 3 heterocycles. The fraction of sp³-hybridized carbons (Fsp3) is 0.308. The maximum Gasteiger partial charge on any atom is 0.471 e. The van der Waals surface area contributed by atoms with Crippen LogP contribution in [-0.2, 0) is 22.2 Å². The molecule has 0 atom stereocenters. The Labute approximate surface area is 244 Å². The van der Waals surface area contributed by atoms with Gasteiger partial charge in [-0.3, -0.25) is 23.9 Å². The summed E-state index contributed by atoms with van der Waals surface area (Å²) in [4.78, 5) is 43.6. The highest BCUT2D eigenvalue weighted by atomic mass is 19.4. The number of aryl methyl sites for hydroxylation is 1. The Bertz CT molecular complexity index is 1660. The Hall–Kier alpha value is -5.16. The second kappa shape index (κ2) is 13.0. The van der Waals surface area contributed by atoms with E-state index in [1.165, 1.54) is 28.3 Å². The van der Waals surface area contributed by atoms with E-state index in [9.17, 15) is 40.7 Å². The van der Waals surface area contributed by atoms with Crippen LogP contribution in [-0.4, -0.2) is 68.1 Å². The fourth-order valence-electron chi connectivity index (χ4n) is 4.17. The molecule has 0 unspecified atom stereocenters. The number of hydrogen-bond acceptors (Lipinski definition) is 7. The van der Waals surface area contributed by atoms with Gasteiger partial charge in [-0.25, -0.2) is 9.97 Å². The lowest BCUT2D eigenvalue weighted by Crippen LogP contribution is -2.43. The van der Waals surface area contributed by atoms with Gasteiger partial charge in [-0.1, -0.05) is 6.92 Å². The van der Waals surface area contributed by atoms with Crippen LogP contribution in [0.25, 0.3) is 16.9 Å². The molecule has 4 rings (SSSR count). The van der Waals surface area contributed by atoms with Crippen molar-refractivity contribution >= 4 is 34.9 Å². The van der Waals surface area contributed by atoms with Gasteiger partial charge in [0.15, 0.2) is 17.2 Å². The Morgan fingerprint density at radius 1 is 1.00 bits per heavy atom. The van der Waals surface area contributed by atoms with Crippen molar-refractivity contribution < 1.29 is 40.7 Å². The lowest BCUT2D eigenvalue weighted by Gasteiger charge is -2.13.